The van der Waals surface area contributed by atoms with Gasteiger partial charge >= 0.3 is 0 Å². The number of fused-ring (bicyclic) bond motifs is 1. The van der Waals surface area contributed by atoms with Crippen molar-refractivity contribution in [2.75, 3.05) is 11.5 Å². The molecule has 0 aliphatic carbocycles. The number of nitrogen functional groups attached to an aromatic ring is 2. The zero-order valence-corrected chi connectivity index (χ0v) is 13.2. The molecule has 4 aromatic carbocycles. The lowest BCUT2D eigenvalue weighted by Gasteiger charge is -2.13. The van der Waals surface area contributed by atoms with Crippen LogP contribution in [0.25, 0.3) is 33.0 Å². The molecule has 0 amide bonds. The Morgan fingerprint density at radius 1 is 0.458 bits per heavy atom. The van der Waals surface area contributed by atoms with Gasteiger partial charge in [0.25, 0.3) is 0 Å². The zero-order valence-electron chi connectivity index (χ0n) is 13.2. The third-order valence-corrected chi connectivity index (χ3v) is 4.35. The molecule has 116 valence electrons. The molecule has 0 aromatic heterocycles. The van der Waals surface area contributed by atoms with E-state index in [0.29, 0.717) is 0 Å². The number of hydrogen-bond donors (Lipinski definition) is 2. The minimum absolute atomic E-state index is 0.776. The molecule has 0 aliphatic heterocycles. The van der Waals surface area contributed by atoms with Crippen LogP contribution in [-0.2, 0) is 0 Å². The number of rotatable bonds is 2. The Labute approximate surface area is 141 Å². The van der Waals surface area contributed by atoms with E-state index in [2.05, 4.69) is 60.7 Å². The quantitative estimate of drug-likeness (QED) is 0.491. The average molecular weight is 310 g/mol. The predicted molar refractivity (Wildman–Crippen MR) is 104 cm³/mol. The summed E-state index contributed by atoms with van der Waals surface area (Å²) in [6, 6.07) is 28.9. The van der Waals surface area contributed by atoms with E-state index >= 15 is 0 Å². The third kappa shape index (κ3) is 2.48. The molecule has 0 spiro atoms. The number of nitrogens with two attached hydrogens (primary N) is 2. The van der Waals surface area contributed by atoms with Gasteiger partial charge in [-0.3, -0.25) is 0 Å². The summed E-state index contributed by atoms with van der Waals surface area (Å²) in [5.41, 5.74) is 18.0. The van der Waals surface area contributed by atoms with Gasteiger partial charge in [0.2, 0.25) is 0 Å². The Morgan fingerprint density at radius 3 is 1.29 bits per heavy atom. The minimum atomic E-state index is 0.776. The second-order valence-electron chi connectivity index (χ2n) is 5.95. The summed E-state index contributed by atoms with van der Waals surface area (Å²) in [6.45, 7) is 0. The van der Waals surface area contributed by atoms with Gasteiger partial charge in [-0.1, -0.05) is 60.7 Å². The Morgan fingerprint density at radius 2 is 0.875 bits per heavy atom. The summed E-state index contributed by atoms with van der Waals surface area (Å²) in [6.07, 6.45) is 0. The van der Waals surface area contributed by atoms with Crippen LogP contribution >= 0.6 is 0 Å². The van der Waals surface area contributed by atoms with Crippen molar-refractivity contribution in [1.29, 1.82) is 0 Å². The van der Waals surface area contributed by atoms with Gasteiger partial charge in [-0.05, 0) is 57.3 Å². The first-order valence-corrected chi connectivity index (χ1v) is 7.96. The van der Waals surface area contributed by atoms with Crippen molar-refractivity contribution < 1.29 is 0 Å². The first kappa shape index (κ1) is 14.3. The topological polar surface area (TPSA) is 52.0 Å². The lowest BCUT2D eigenvalue weighted by Crippen LogP contribution is -1.88. The van der Waals surface area contributed by atoms with Gasteiger partial charge in [-0.2, -0.15) is 0 Å². The molecule has 0 radical (unpaired) electrons. The molecule has 0 atom stereocenters. The second kappa shape index (κ2) is 5.74. The van der Waals surface area contributed by atoms with Gasteiger partial charge in [0.15, 0.2) is 0 Å². The molecule has 4 rings (SSSR count). The van der Waals surface area contributed by atoms with Crippen LogP contribution in [0.15, 0.2) is 84.9 Å². The Hall–Kier alpha value is -3.26. The van der Waals surface area contributed by atoms with Crippen molar-refractivity contribution >= 4 is 22.1 Å². The average Bonchev–Trinajstić information content (AvgIpc) is 2.62. The van der Waals surface area contributed by atoms with E-state index in [0.717, 1.165) is 22.5 Å². The Kier molecular flexibility index (Phi) is 3.43. The van der Waals surface area contributed by atoms with Crippen molar-refractivity contribution in [1.82, 2.24) is 0 Å². The predicted octanol–water partition coefficient (Wildman–Crippen LogP) is 5.34. The molecule has 2 nitrogen and oxygen atoms in total. The maximum absolute atomic E-state index is 5.84. The molecular formula is C22H18N2. The van der Waals surface area contributed by atoms with E-state index in [1.807, 2.05) is 24.3 Å². The van der Waals surface area contributed by atoms with Gasteiger partial charge in [0.1, 0.15) is 0 Å². The molecule has 0 aliphatic rings. The standard InChI is InChI=1S/C22H18N2/c23-18-11-7-15(8-12-18)20-5-1-3-17-4-2-6-21(22(17)20)16-9-13-19(24)14-10-16/h1-14H,23-24H2. The molecule has 0 bridgehead atoms. The van der Waals surface area contributed by atoms with E-state index in [1.165, 1.54) is 21.9 Å². The van der Waals surface area contributed by atoms with E-state index in [-0.39, 0.29) is 0 Å². The summed E-state index contributed by atoms with van der Waals surface area (Å²) in [5, 5.41) is 2.47. The lowest BCUT2D eigenvalue weighted by molar-refractivity contribution is 1.62. The van der Waals surface area contributed by atoms with E-state index in [1.54, 1.807) is 0 Å². The van der Waals surface area contributed by atoms with Crippen LogP contribution in [0.2, 0.25) is 0 Å². The van der Waals surface area contributed by atoms with Gasteiger partial charge in [0.05, 0.1) is 0 Å². The fourth-order valence-electron chi connectivity index (χ4n) is 3.15. The highest BCUT2D eigenvalue weighted by Crippen LogP contribution is 2.36. The molecule has 4 aromatic rings. The van der Waals surface area contributed by atoms with Gasteiger partial charge in [-0.25, -0.2) is 0 Å². The second-order valence-corrected chi connectivity index (χ2v) is 5.95. The molecule has 4 N–H and O–H groups in total. The maximum Gasteiger partial charge on any atom is 0.0314 e. The number of hydrogen-bond acceptors (Lipinski definition) is 2. The zero-order chi connectivity index (χ0) is 16.5. The molecular weight excluding hydrogens is 292 g/mol. The highest BCUT2D eigenvalue weighted by atomic mass is 14.5. The highest BCUT2D eigenvalue weighted by molar-refractivity contribution is 6.06. The van der Waals surface area contributed by atoms with E-state index in [9.17, 15) is 0 Å². The molecule has 0 saturated carbocycles. The van der Waals surface area contributed by atoms with Crippen LogP contribution in [0.5, 0.6) is 0 Å². The first-order chi connectivity index (χ1) is 11.7. The normalized spacial score (nSPS) is 10.8. The molecule has 0 heterocycles. The summed E-state index contributed by atoms with van der Waals surface area (Å²) >= 11 is 0. The minimum Gasteiger partial charge on any atom is -0.399 e. The largest absolute Gasteiger partial charge is 0.399 e. The smallest absolute Gasteiger partial charge is 0.0314 e. The summed E-state index contributed by atoms with van der Waals surface area (Å²) < 4.78 is 0. The van der Waals surface area contributed by atoms with Crippen molar-refractivity contribution in [2.45, 2.75) is 0 Å². The van der Waals surface area contributed by atoms with Gasteiger partial charge in [0, 0.05) is 11.4 Å². The van der Waals surface area contributed by atoms with Crippen LogP contribution in [0.3, 0.4) is 0 Å². The van der Waals surface area contributed by atoms with Crippen molar-refractivity contribution in [3.05, 3.63) is 84.9 Å². The molecule has 0 saturated heterocycles. The Bertz CT molecular complexity index is 920. The summed E-state index contributed by atoms with van der Waals surface area (Å²) in [4.78, 5) is 0. The SMILES string of the molecule is Nc1ccc(-c2cccc3cccc(-c4ccc(N)cc4)c23)cc1. The van der Waals surface area contributed by atoms with Crippen LogP contribution < -0.4 is 11.5 Å². The number of anilines is 2. The lowest BCUT2D eigenvalue weighted by atomic mass is 9.91. The maximum atomic E-state index is 5.84. The van der Waals surface area contributed by atoms with Crippen LogP contribution in [0, 0.1) is 0 Å². The third-order valence-electron chi connectivity index (χ3n) is 4.35. The van der Waals surface area contributed by atoms with Crippen LogP contribution in [0.4, 0.5) is 11.4 Å². The fourth-order valence-corrected chi connectivity index (χ4v) is 3.15. The summed E-state index contributed by atoms with van der Waals surface area (Å²) in [7, 11) is 0. The van der Waals surface area contributed by atoms with Gasteiger partial charge < -0.3 is 11.5 Å². The van der Waals surface area contributed by atoms with Crippen LogP contribution in [-0.4, -0.2) is 0 Å². The fraction of sp³-hybridized carbons (Fsp3) is 0. The van der Waals surface area contributed by atoms with E-state index < -0.39 is 0 Å². The summed E-state index contributed by atoms with van der Waals surface area (Å²) in [5.74, 6) is 0. The van der Waals surface area contributed by atoms with Crippen LogP contribution in [0.1, 0.15) is 0 Å². The Balaban J connectivity index is 2.01. The molecule has 0 fully saturated rings. The van der Waals surface area contributed by atoms with E-state index in [4.69, 9.17) is 11.5 Å². The number of benzene rings is 4. The van der Waals surface area contributed by atoms with Gasteiger partial charge in [-0.15, -0.1) is 0 Å². The molecule has 2 heteroatoms. The molecule has 24 heavy (non-hydrogen) atoms. The first-order valence-electron chi connectivity index (χ1n) is 7.96. The molecule has 0 unspecified atom stereocenters. The van der Waals surface area contributed by atoms with Crippen molar-refractivity contribution in [3.8, 4) is 22.3 Å². The van der Waals surface area contributed by atoms with Crippen molar-refractivity contribution in [3.63, 3.8) is 0 Å². The monoisotopic (exact) mass is 310 g/mol. The van der Waals surface area contributed by atoms with Crippen molar-refractivity contribution in [2.24, 2.45) is 0 Å². The highest BCUT2D eigenvalue weighted by Gasteiger charge is 2.09.